The molecule has 2 aromatic carbocycles. The Balaban J connectivity index is 2.61. The number of hydrogen-bond donors (Lipinski definition) is 1. The molecule has 0 heterocycles. The highest BCUT2D eigenvalue weighted by Gasteiger charge is 2.15. The standard InChI is InChI=1S/C18H19NO/c1-5-15-13(3)12-17(18(20)16(15)6-2)19(4)14-10-8-7-9-11-14/h5-12,20H,1-2H2,3-4H3. The lowest BCUT2D eigenvalue weighted by Gasteiger charge is -2.23. The number of para-hydroxylation sites is 1. The molecule has 0 fully saturated rings. The molecular formula is C18H19NO. The lowest BCUT2D eigenvalue weighted by molar-refractivity contribution is 0.474. The molecule has 0 radical (unpaired) electrons. The summed E-state index contributed by atoms with van der Waals surface area (Å²) in [4.78, 5) is 1.96. The molecule has 0 aromatic heterocycles. The lowest BCUT2D eigenvalue weighted by atomic mass is 9.98. The Labute approximate surface area is 120 Å². The third kappa shape index (κ3) is 2.32. The number of aromatic hydroxyl groups is 1. The molecule has 2 heteroatoms. The number of aryl methyl sites for hydroxylation is 1. The van der Waals surface area contributed by atoms with Gasteiger partial charge < -0.3 is 10.0 Å². The Hall–Kier alpha value is -2.48. The zero-order valence-corrected chi connectivity index (χ0v) is 11.9. The van der Waals surface area contributed by atoms with Crippen molar-refractivity contribution in [1.29, 1.82) is 0 Å². The van der Waals surface area contributed by atoms with Crippen molar-refractivity contribution >= 4 is 23.5 Å². The van der Waals surface area contributed by atoms with Crippen molar-refractivity contribution in [3.8, 4) is 5.75 Å². The van der Waals surface area contributed by atoms with Gasteiger partial charge >= 0.3 is 0 Å². The lowest BCUT2D eigenvalue weighted by Crippen LogP contribution is -2.10. The summed E-state index contributed by atoms with van der Waals surface area (Å²) in [6.45, 7) is 9.60. The Morgan fingerprint density at radius 3 is 2.20 bits per heavy atom. The number of benzene rings is 2. The summed E-state index contributed by atoms with van der Waals surface area (Å²) >= 11 is 0. The first-order chi connectivity index (χ1) is 9.60. The largest absolute Gasteiger partial charge is 0.505 e. The van der Waals surface area contributed by atoms with Gasteiger partial charge in [0.2, 0.25) is 0 Å². The van der Waals surface area contributed by atoms with Crippen LogP contribution in [0.25, 0.3) is 12.2 Å². The van der Waals surface area contributed by atoms with Crippen LogP contribution in [0, 0.1) is 6.92 Å². The quantitative estimate of drug-likeness (QED) is 0.862. The van der Waals surface area contributed by atoms with E-state index in [2.05, 4.69) is 13.2 Å². The summed E-state index contributed by atoms with van der Waals surface area (Å²) in [5.74, 6) is 0.229. The number of rotatable bonds is 4. The predicted molar refractivity (Wildman–Crippen MR) is 87.5 cm³/mol. The van der Waals surface area contributed by atoms with Crippen LogP contribution in [0.3, 0.4) is 0 Å². The molecule has 0 amide bonds. The number of nitrogens with zero attached hydrogens (tertiary/aromatic N) is 1. The molecule has 2 nitrogen and oxygen atoms in total. The molecule has 0 bridgehead atoms. The van der Waals surface area contributed by atoms with E-state index >= 15 is 0 Å². The molecule has 0 saturated heterocycles. The van der Waals surface area contributed by atoms with Gasteiger partial charge in [-0.3, -0.25) is 0 Å². The van der Waals surface area contributed by atoms with E-state index < -0.39 is 0 Å². The molecular weight excluding hydrogens is 246 g/mol. The Morgan fingerprint density at radius 1 is 1.05 bits per heavy atom. The average Bonchev–Trinajstić information content (AvgIpc) is 2.48. The van der Waals surface area contributed by atoms with Crippen molar-refractivity contribution in [3.63, 3.8) is 0 Å². The molecule has 0 spiro atoms. The minimum atomic E-state index is 0.229. The Morgan fingerprint density at radius 2 is 1.65 bits per heavy atom. The van der Waals surface area contributed by atoms with Crippen LogP contribution in [-0.4, -0.2) is 12.2 Å². The van der Waals surface area contributed by atoms with Crippen molar-refractivity contribution in [3.05, 3.63) is 66.2 Å². The van der Waals surface area contributed by atoms with Crippen LogP contribution in [0.4, 0.5) is 11.4 Å². The maximum Gasteiger partial charge on any atom is 0.147 e. The van der Waals surface area contributed by atoms with Crippen LogP contribution in [0.1, 0.15) is 16.7 Å². The maximum absolute atomic E-state index is 10.5. The number of phenolic OH excluding ortho intramolecular Hbond substituents is 1. The second-order valence-corrected chi connectivity index (χ2v) is 4.69. The fourth-order valence-electron chi connectivity index (χ4n) is 2.35. The normalized spacial score (nSPS) is 10.1. The van der Waals surface area contributed by atoms with Crippen LogP contribution >= 0.6 is 0 Å². The molecule has 0 aliphatic heterocycles. The van der Waals surface area contributed by atoms with E-state index in [1.807, 2.05) is 55.3 Å². The summed E-state index contributed by atoms with van der Waals surface area (Å²) in [5, 5.41) is 10.5. The zero-order chi connectivity index (χ0) is 14.7. The second kappa shape index (κ2) is 5.66. The summed E-state index contributed by atoms with van der Waals surface area (Å²) in [6.07, 6.45) is 3.42. The first kappa shape index (κ1) is 13.9. The van der Waals surface area contributed by atoms with Crippen molar-refractivity contribution in [2.45, 2.75) is 6.92 Å². The van der Waals surface area contributed by atoms with Gasteiger partial charge in [-0.2, -0.15) is 0 Å². The summed E-state index contributed by atoms with van der Waals surface area (Å²) < 4.78 is 0. The van der Waals surface area contributed by atoms with Gasteiger partial charge in [-0.15, -0.1) is 0 Å². The van der Waals surface area contributed by atoms with Gasteiger partial charge in [0.15, 0.2) is 0 Å². The third-order valence-corrected chi connectivity index (χ3v) is 3.48. The van der Waals surface area contributed by atoms with E-state index in [4.69, 9.17) is 0 Å². The van der Waals surface area contributed by atoms with Crippen molar-refractivity contribution in [2.75, 3.05) is 11.9 Å². The van der Waals surface area contributed by atoms with E-state index in [9.17, 15) is 5.11 Å². The summed E-state index contributed by atoms with van der Waals surface area (Å²) in [5.41, 5.74) is 4.48. The highest BCUT2D eigenvalue weighted by molar-refractivity contribution is 5.81. The Bertz CT molecular complexity index is 644. The van der Waals surface area contributed by atoms with Crippen molar-refractivity contribution in [1.82, 2.24) is 0 Å². The van der Waals surface area contributed by atoms with Crippen LogP contribution in [-0.2, 0) is 0 Å². The molecule has 0 aliphatic rings. The fourth-order valence-corrected chi connectivity index (χ4v) is 2.35. The van der Waals surface area contributed by atoms with Crippen LogP contribution in [0.5, 0.6) is 5.75 Å². The van der Waals surface area contributed by atoms with Crippen LogP contribution in [0.15, 0.2) is 49.6 Å². The molecule has 0 saturated carbocycles. The molecule has 2 rings (SSSR count). The minimum Gasteiger partial charge on any atom is -0.505 e. The second-order valence-electron chi connectivity index (χ2n) is 4.69. The monoisotopic (exact) mass is 265 g/mol. The smallest absolute Gasteiger partial charge is 0.147 e. The topological polar surface area (TPSA) is 23.5 Å². The van der Waals surface area contributed by atoms with Gasteiger partial charge in [-0.25, -0.2) is 0 Å². The predicted octanol–water partition coefficient (Wildman–Crippen LogP) is 4.75. The molecule has 0 unspecified atom stereocenters. The van der Waals surface area contributed by atoms with Gasteiger partial charge in [0.25, 0.3) is 0 Å². The van der Waals surface area contributed by atoms with Gasteiger partial charge in [-0.1, -0.05) is 43.5 Å². The minimum absolute atomic E-state index is 0.229. The highest BCUT2D eigenvalue weighted by Crippen LogP contribution is 2.39. The van der Waals surface area contributed by atoms with E-state index in [1.165, 1.54) is 0 Å². The zero-order valence-electron chi connectivity index (χ0n) is 11.9. The molecule has 0 aliphatic carbocycles. The first-order valence-electron chi connectivity index (χ1n) is 6.50. The first-order valence-corrected chi connectivity index (χ1v) is 6.50. The molecule has 20 heavy (non-hydrogen) atoms. The van der Waals surface area contributed by atoms with E-state index in [0.29, 0.717) is 0 Å². The van der Waals surface area contributed by atoms with Gasteiger partial charge in [-0.05, 0) is 36.2 Å². The molecule has 102 valence electrons. The highest BCUT2D eigenvalue weighted by atomic mass is 16.3. The number of anilines is 2. The van der Waals surface area contributed by atoms with Crippen molar-refractivity contribution in [2.24, 2.45) is 0 Å². The SMILES string of the molecule is C=Cc1c(C)cc(N(C)c2ccccc2)c(O)c1C=C. The van der Waals surface area contributed by atoms with E-state index in [1.54, 1.807) is 12.2 Å². The van der Waals surface area contributed by atoms with Crippen LogP contribution < -0.4 is 4.90 Å². The number of hydrogen-bond acceptors (Lipinski definition) is 2. The molecule has 0 atom stereocenters. The summed E-state index contributed by atoms with van der Waals surface area (Å²) in [7, 11) is 1.93. The maximum atomic E-state index is 10.5. The average molecular weight is 265 g/mol. The van der Waals surface area contributed by atoms with Gasteiger partial charge in [0.1, 0.15) is 5.75 Å². The van der Waals surface area contributed by atoms with E-state index in [-0.39, 0.29) is 5.75 Å². The van der Waals surface area contributed by atoms with Gasteiger partial charge in [0.05, 0.1) is 5.69 Å². The fraction of sp³-hybridized carbons (Fsp3) is 0.111. The van der Waals surface area contributed by atoms with Crippen LogP contribution in [0.2, 0.25) is 0 Å². The third-order valence-electron chi connectivity index (χ3n) is 3.48. The summed E-state index contributed by atoms with van der Waals surface area (Å²) in [6, 6.07) is 11.9. The number of phenols is 1. The Kier molecular flexibility index (Phi) is 3.94. The van der Waals surface area contributed by atoms with Gasteiger partial charge in [0, 0.05) is 18.3 Å². The molecule has 2 aromatic rings. The van der Waals surface area contributed by atoms with E-state index in [0.717, 1.165) is 28.1 Å². The van der Waals surface area contributed by atoms with Crippen molar-refractivity contribution < 1.29 is 5.11 Å². The molecule has 1 N–H and O–H groups in total.